The summed E-state index contributed by atoms with van der Waals surface area (Å²) in [5, 5.41) is 11.1. The summed E-state index contributed by atoms with van der Waals surface area (Å²) in [6.07, 6.45) is 0. The molecule has 1 aromatic heterocycles. The van der Waals surface area contributed by atoms with Gasteiger partial charge in [0.2, 0.25) is 11.1 Å². The van der Waals surface area contributed by atoms with Crippen molar-refractivity contribution in [1.29, 1.82) is 0 Å². The van der Waals surface area contributed by atoms with E-state index in [2.05, 4.69) is 15.5 Å². The molecule has 3 aromatic rings. The maximum Gasteiger partial charge on any atom is 0.230 e. The lowest BCUT2D eigenvalue weighted by Gasteiger charge is -2.14. The van der Waals surface area contributed by atoms with E-state index in [1.807, 2.05) is 6.92 Å². The minimum absolute atomic E-state index is 0.0876. The minimum Gasteiger partial charge on any atom is -0.349 e. The van der Waals surface area contributed by atoms with Gasteiger partial charge in [-0.1, -0.05) is 23.9 Å². The van der Waals surface area contributed by atoms with Crippen LogP contribution < -0.4 is 11.2 Å². The van der Waals surface area contributed by atoms with Gasteiger partial charge in [-0.15, -0.1) is 10.2 Å². The smallest absolute Gasteiger partial charge is 0.230 e. The molecule has 3 rings (SSSR count). The SMILES string of the molecule is CC(NC(=O)CSc1nnc(-c2ccc(F)cc2)n1N)c1ccc(F)cc1. The van der Waals surface area contributed by atoms with E-state index in [4.69, 9.17) is 5.84 Å². The maximum atomic E-state index is 13.0. The Labute approximate surface area is 158 Å². The van der Waals surface area contributed by atoms with Crippen molar-refractivity contribution in [2.75, 3.05) is 11.6 Å². The number of hydrogen-bond donors (Lipinski definition) is 2. The molecule has 0 aliphatic carbocycles. The lowest BCUT2D eigenvalue weighted by Crippen LogP contribution is -2.28. The highest BCUT2D eigenvalue weighted by Gasteiger charge is 2.15. The molecule has 1 heterocycles. The normalized spacial score (nSPS) is 12.0. The fourth-order valence-electron chi connectivity index (χ4n) is 2.42. The number of hydrogen-bond acceptors (Lipinski definition) is 5. The van der Waals surface area contributed by atoms with Crippen LogP contribution in [0.2, 0.25) is 0 Å². The summed E-state index contributed by atoms with van der Waals surface area (Å²) in [6, 6.07) is 11.4. The van der Waals surface area contributed by atoms with Crippen molar-refractivity contribution in [3.05, 3.63) is 65.7 Å². The molecule has 140 valence electrons. The Hall–Kier alpha value is -2.94. The highest BCUT2D eigenvalue weighted by atomic mass is 32.2. The average molecular weight is 389 g/mol. The van der Waals surface area contributed by atoms with Crippen LogP contribution in [0, 0.1) is 11.6 Å². The molecule has 0 aliphatic heterocycles. The van der Waals surface area contributed by atoms with Crippen molar-refractivity contribution in [3.63, 3.8) is 0 Å². The van der Waals surface area contributed by atoms with Gasteiger partial charge in [-0.25, -0.2) is 13.5 Å². The third kappa shape index (κ3) is 4.62. The number of thioether (sulfide) groups is 1. The lowest BCUT2D eigenvalue weighted by molar-refractivity contribution is -0.119. The topological polar surface area (TPSA) is 85.8 Å². The summed E-state index contributed by atoms with van der Waals surface area (Å²) < 4.78 is 27.2. The molecular formula is C18H17F2N5OS. The molecule has 0 saturated carbocycles. The van der Waals surface area contributed by atoms with Crippen LogP contribution in [0.15, 0.2) is 53.7 Å². The first-order valence-corrected chi connectivity index (χ1v) is 9.06. The molecular weight excluding hydrogens is 372 g/mol. The standard InChI is InChI=1S/C18H17F2N5OS/c1-11(12-2-6-14(19)7-3-12)22-16(26)10-27-18-24-23-17(25(18)21)13-4-8-15(20)9-5-13/h2-9,11H,10,21H2,1H3,(H,22,26). The Morgan fingerprint density at radius 1 is 1.11 bits per heavy atom. The predicted octanol–water partition coefficient (Wildman–Crippen LogP) is 2.91. The van der Waals surface area contributed by atoms with Gasteiger partial charge in [0.15, 0.2) is 5.82 Å². The second kappa shape index (κ2) is 8.17. The van der Waals surface area contributed by atoms with Gasteiger partial charge in [0.25, 0.3) is 0 Å². The number of nitrogen functional groups attached to an aromatic ring is 1. The number of amides is 1. The second-order valence-corrected chi connectivity index (χ2v) is 6.76. The molecule has 0 spiro atoms. The summed E-state index contributed by atoms with van der Waals surface area (Å²) in [4.78, 5) is 12.1. The minimum atomic E-state index is -0.358. The van der Waals surface area contributed by atoms with E-state index in [-0.39, 0.29) is 29.3 Å². The number of nitrogens with zero attached hydrogens (tertiary/aromatic N) is 3. The summed E-state index contributed by atoms with van der Waals surface area (Å²) in [6.45, 7) is 1.81. The van der Waals surface area contributed by atoms with Crippen LogP contribution in [0.25, 0.3) is 11.4 Å². The summed E-state index contributed by atoms with van der Waals surface area (Å²) >= 11 is 1.13. The third-order valence-electron chi connectivity index (χ3n) is 3.85. The number of rotatable bonds is 6. The summed E-state index contributed by atoms with van der Waals surface area (Å²) in [5.41, 5.74) is 1.42. The highest BCUT2D eigenvalue weighted by Crippen LogP contribution is 2.22. The first kappa shape index (κ1) is 18.8. The van der Waals surface area contributed by atoms with Gasteiger partial charge in [0.1, 0.15) is 11.6 Å². The number of halogens is 2. The second-order valence-electron chi connectivity index (χ2n) is 5.81. The fraction of sp³-hybridized carbons (Fsp3) is 0.167. The van der Waals surface area contributed by atoms with E-state index in [0.717, 1.165) is 17.3 Å². The molecule has 1 amide bonds. The van der Waals surface area contributed by atoms with Gasteiger partial charge < -0.3 is 11.2 Å². The number of nitrogens with one attached hydrogen (secondary N) is 1. The van der Waals surface area contributed by atoms with Crippen LogP contribution in [0.1, 0.15) is 18.5 Å². The fourth-order valence-corrected chi connectivity index (χ4v) is 3.09. The molecule has 0 bridgehead atoms. The average Bonchev–Trinajstić information content (AvgIpc) is 3.02. The Balaban J connectivity index is 1.59. The van der Waals surface area contributed by atoms with E-state index >= 15 is 0 Å². The molecule has 1 unspecified atom stereocenters. The molecule has 0 radical (unpaired) electrons. The van der Waals surface area contributed by atoms with E-state index in [1.54, 1.807) is 24.3 Å². The molecule has 3 N–H and O–H groups in total. The van der Waals surface area contributed by atoms with Crippen molar-refractivity contribution in [2.24, 2.45) is 0 Å². The van der Waals surface area contributed by atoms with Gasteiger partial charge in [-0.3, -0.25) is 4.79 Å². The van der Waals surface area contributed by atoms with Crippen molar-refractivity contribution < 1.29 is 13.6 Å². The van der Waals surface area contributed by atoms with Crippen LogP contribution in [0.4, 0.5) is 8.78 Å². The van der Waals surface area contributed by atoms with Crippen molar-refractivity contribution in [1.82, 2.24) is 20.2 Å². The molecule has 2 aromatic carbocycles. The Bertz CT molecular complexity index is 928. The largest absolute Gasteiger partial charge is 0.349 e. The van der Waals surface area contributed by atoms with Crippen LogP contribution in [-0.2, 0) is 4.79 Å². The van der Waals surface area contributed by atoms with Crippen LogP contribution in [0.5, 0.6) is 0 Å². The van der Waals surface area contributed by atoms with Gasteiger partial charge >= 0.3 is 0 Å². The third-order valence-corrected chi connectivity index (χ3v) is 4.79. The van der Waals surface area contributed by atoms with Crippen LogP contribution in [-0.4, -0.2) is 26.5 Å². The molecule has 27 heavy (non-hydrogen) atoms. The molecule has 0 fully saturated rings. The zero-order valence-electron chi connectivity index (χ0n) is 14.4. The first-order chi connectivity index (χ1) is 12.9. The number of carbonyl (C=O) groups excluding carboxylic acids is 1. The summed E-state index contributed by atoms with van der Waals surface area (Å²) in [5.74, 6) is 5.53. The van der Waals surface area contributed by atoms with Crippen molar-refractivity contribution in [2.45, 2.75) is 18.1 Å². The van der Waals surface area contributed by atoms with E-state index in [9.17, 15) is 13.6 Å². The molecule has 6 nitrogen and oxygen atoms in total. The maximum absolute atomic E-state index is 13.0. The van der Waals surface area contributed by atoms with Gasteiger partial charge in [-0.2, -0.15) is 0 Å². The number of carbonyl (C=O) groups is 1. The lowest BCUT2D eigenvalue weighted by atomic mass is 10.1. The number of nitrogens with two attached hydrogens (primary N) is 1. The zero-order valence-corrected chi connectivity index (χ0v) is 15.2. The molecule has 0 saturated heterocycles. The van der Waals surface area contributed by atoms with Crippen LogP contribution in [0.3, 0.4) is 0 Å². The highest BCUT2D eigenvalue weighted by molar-refractivity contribution is 7.99. The molecule has 0 aliphatic rings. The molecule has 9 heteroatoms. The number of aromatic nitrogens is 3. The van der Waals surface area contributed by atoms with Gasteiger partial charge in [-0.05, 0) is 48.9 Å². The molecule has 1 atom stereocenters. The van der Waals surface area contributed by atoms with Crippen LogP contribution >= 0.6 is 11.8 Å². The monoisotopic (exact) mass is 389 g/mol. The Kier molecular flexibility index (Phi) is 5.70. The zero-order chi connectivity index (χ0) is 19.4. The summed E-state index contributed by atoms with van der Waals surface area (Å²) in [7, 11) is 0. The van der Waals surface area contributed by atoms with Gasteiger partial charge in [0, 0.05) is 5.56 Å². The van der Waals surface area contributed by atoms with E-state index < -0.39 is 0 Å². The quantitative estimate of drug-likeness (QED) is 0.500. The van der Waals surface area contributed by atoms with E-state index in [0.29, 0.717) is 16.5 Å². The van der Waals surface area contributed by atoms with E-state index in [1.165, 1.54) is 28.9 Å². The Morgan fingerprint density at radius 2 is 1.70 bits per heavy atom. The van der Waals surface area contributed by atoms with Gasteiger partial charge in [0.05, 0.1) is 11.8 Å². The van der Waals surface area contributed by atoms with Crippen molar-refractivity contribution >= 4 is 17.7 Å². The predicted molar refractivity (Wildman–Crippen MR) is 99.2 cm³/mol. The Morgan fingerprint density at radius 3 is 2.33 bits per heavy atom. The van der Waals surface area contributed by atoms with Crippen molar-refractivity contribution in [3.8, 4) is 11.4 Å². The first-order valence-electron chi connectivity index (χ1n) is 8.08. The number of benzene rings is 2.